The van der Waals surface area contributed by atoms with Gasteiger partial charge in [-0.1, -0.05) is 36.4 Å². The molecule has 0 unspecified atom stereocenters. The maximum Gasteiger partial charge on any atom is 0.310 e. The van der Waals surface area contributed by atoms with Crippen molar-refractivity contribution >= 4 is 11.5 Å². The summed E-state index contributed by atoms with van der Waals surface area (Å²) in [5.41, 5.74) is 6.76. The van der Waals surface area contributed by atoms with E-state index in [-0.39, 0.29) is 23.9 Å². The third-order valence-electron chi connectivity index (χ3n) is 2.72. The zero-order chi connectivity index (χ0) is 14.5. The van der Waals surface area contributed by atoms with Crippen molar-refractivity contribution in [3.05, 3.63) is 69.8 Å². The van der Waals surface area contributed by atoms with Crippen LogP contribution in [0.5, 0.6) is 5.75 Å². The molecule has 2 rings (SSSR count). The summed E-state index contributed by atoms with van der Waals surface area (Å²) >= 11 is 0. The summed E-state index contributed by atoms with van der Waals surface area (Å²) in [6, 6.07) is 13.2. The van der Waals surface area contributed by atoms with Crippen LogP contribution < -0.4 is 10.5 Å². The van der Waals surface area contributed by atoms with Crippen molar-refractivity contribution in [3.8, 4) is 5.75 Å². The number of benzene rings is 2. The first-order valence-corrected chi connectivity index (χ1v) is 5.87. The molecular formula is C14H13N3O3. The zero-order valence-corrected chi connectivity index (χ0v) is 10.6. The molecule has 6 heteroatoms. The van der Waals surface area contributed by atoms with Crippen molar-refractivity contribution in [1.82, 2.24) is 0 Å². The molecule has 6 nitrogen and oxygen atoms in total. The van der Waals surface area contributed by atoms with Crippen molar-refractivity contribution in [2.45, 2.75) is 6.61 Å². The summed E-state index contributed by atoms with van der Waals surface area (Å²) in [5, 5.41) is 18.1. The predicted molar refractivity (Wildman–Crippen MR) is 74.9 cm³/mol. The number of hydrogen-bond acceptors (Lipinski definition) is 4. The lowest BCUT2D eigenvalue weighted by atomic mass is 10.1. The van der Waals surface area contributed by atoms with Crippen LogP contribution in [-0.4, -0.2) is 10.8 Å². The quantitative estimate of drug-likeness (QED) is 0.377. The molecule has 102 valence electrons. The van der Waals surface area contributed by atoms with Gasteiger partial charge >= 0.3 is 5.69 Å². The van der Waals surface area contributed by atoms with Gasteiger partial charge in [0.15, 0.2) is 5.75 Å². The van der Waals surface area contributed by atoms with Gasteiger partial charge < -0.3 is 10.5 Å². The van der Waals surface area contributed by atoms with E-state index in [1.165, 1.54) is 6.07 Å². The van der Waals surface area contributed by atoms with Gasteiger partial charge in [0, 0.05) is 11.6 Å². The number of nitro groups is 1. The molecule has 2 aromatic carbocycles. The second-order valence-electron chi connectivity index (χ2n) is 4.12. The van der Waals surface area contributed by atoms with Crippen molar-refractivity contribution in [1.29, 1.82) is 5.41 Å². The van der Waals surface area contributed by atoms with Crippen LogP contribution in [0.25, 0.3) is 0 Å². The highest BCUT2D eigenvalue weighted by molar-refractivity contribution is 5.94. The molecule has 0 aliphatic carbocycles. The first-order chi connectivity index (χ1) is 9.58. The van der Waals surface area contributed by atoms with E-state index < -0.39 is 4.92 Å². The van der Waals surface area contributed by atoms with Crippen molar-refractivity contribution < 1.29 is 9.66 Å². The van der Waals surface area contributed by atoms with Crippen LogP contribution in [-0.2, 0) is 6.61 Å². The highest BCUT2D eigenvalue weighted by Gasteiger charge is 2.13. The molecule has 0 radical (unpaired) electrons. The van der Waals surface area contributed by atoms with E-state index in [9.17, 15) is 10.1 Å². The van der Waals surface area contributed by atoms with Crippen LogP contribution in [0.15, 0.2) is 48.5 Å². The van der Waals surface area contributed by atoms with Crippen LogP contribution in [0.2, 0.25) is 0 Å². The molecule has 0 saturated heterocycles. The average Bonchev–Trinajstić information content (AvgIpc) is 2.45. The lowest BCUT2D eigenvalue weighted by Crippen LogP contribution is -2.10. The maximum atomic E-state index is 10.8. The Morgan fingerprint density at radius 2 is 1.85 bits per heavy atom. The van der Waals surface area contributed by atoms with Crippen LogP contribution in [0, 0.1) is 15.5 Å². The number of nitrogens with one attached hydrogen (secondary N) is 1. The summed E-state index contributed by atoms with van der Waals surface area (Å²) in [4.78, 5) is 10.4. The molecule has 0 saturated carbocycles. The van der Waals surface area contributed by atoms with Gasteiger partial charge in [-0.25, -0.2) is 0 Å². The molecule has 0 atom stereocenters. The summed E-state index contributed by atoms with van der Waals surface area (Å²) < 4.78 is 5.46. The summed E-state index contributed by atoms with van der Waals surface area (Å²) in [6.07, 6.45) is 0. The monoisotopic (exact) mass is 271 g/mol. The van der Waals surface area contributed by atoms with Gasteiger partial charge in [-0.3, -0.25) is 15.5 Å². The number of hydrogen-bond donors (Lipinski definition) is 2. The van der Waals surface area contributed by atoms with Gasteiger partial charge in [0.2, 0.25) is 0 Å². The molecule has 0 bridgehead atoms. The van der Waals surface area contributed by atoms with Crippen molar-refractivity contribution in [3.63, 3.8) is 0 Å². The molecule has 20 heavy (non-hydrogen) atoms. The highest BCUT2D eigenvalue weighted by atomic mass is 16.6. The number of rotatable bonds is 5. The van der Waals surface area contributed by atoms with Gasteiger partial charge in [-0.2, -0.15) is 0 Å². The molecule has 0 aliphatic heterocycles. The van der Waals surface area contributed by atoms with E-state index >= 15 is 0 Å². The number of amidine groups is 1. The summed E-state index contributed by atoms with van der Waals surface area (Å²) in [5.74, 6) is 0.226. The number of ether oxygens (including phenoxy) is 1. The fraction of sp³-hybridized carbons (Fsp3) is 0.0714. The van der Waals surface area contributed by atoms with Gasteiger partial charge in [-0.05, 0) is 11.6 Å². The molecule has 0 aliphatic rings. The smallest absolute Gasteiger partial charge is 0.310 e. The first kappa shape index (κ1) is 13.5. The molecule has 0 spiro atoms. The minimum Gasteiger partial charge on any atom is -0.482 e. The number of nitrogens with zero attached hydrogens (tertiary/aromatic N) is 1. The van der Waals surface area contributed by atoms with Gasteiger partial charge in [0.05, 0.1) is 4.92 Å². The van der Waals surface area contributed by atoms with Crippen LogP contribution in [0.4, 0.5) is 5.69 Å². The third-order valence-corrected chi connectivity index (χ3v) is 2.72. The third kappa shape index (κ3) is 3.11. The fourth-order valence-electron chi connectivity index (χ4n) is 1.67. The molecule has 0 amide bonds. The topological polar surface area (TPSA) is 102 Å². The highest BCUT2D eigenvalue weighted by Crippen LogP contribution is 2.26. The number of nitrogen functional groups attached to an aromatic ring is 1. The zero-order valence-electron chi connectivity index (χ0n) is 10.6. The summed E-state index contributed by atoms with van der Waals surface area (Å²) in [6.45, 7) is 0.211. The van der Waals surface area contributed by atoms with Gasteiger partial charge in [0.25, 0.3) is 0 Å². The second kappa shape index (κ2) is 5.83. The van der Waals surface area contributed by atoms with E-state index in [0.29, 0.717) is 5.56 Å². The Morgan fingerprint density at radius 1 is 1.20 bits per heavy atom. The van der Waals surface area contributed by atoms with Crippen LogP contribution in [0.1, 0.15) is 11.1 Å². The van der Waals surface area contributed by atoms with E-state index in [2.05, 4.69) is 0 Å². The van der Waals surface area contributed by atoms with E-state index in [1.807, 2.05) is 0 Å². The lowest BCUT2D eigenvalue weighted by Gasteiger charge is -2.07. The minimum atomic E-state index is -0.478. The van der Waals surface area contributed by atoms with Crippen LogP contribution in [0.3, 0.4) is 0 Å². The van der Waals surface area contributed by atoms with Crippen LogP contribution >= 0.6 is 0 Å². The molecule has 0 aromatic heterocycles. The predicted octanol–water partition coefficient (Wildman–Crippen LogP) is 2.46. The Bertz CT molecular complexity index is 638. The van der Waals surface area contributed by atoms with Crippen molar-refractivity contribution in [2.24, 2.45) is 5.73 Å². The Hall–Kier alpha value is -2.89. The fourth-order valence-corrected chi connectivity index (χ4v) is 1.67. The first-order valence-electron chi connectivity index (χ1n) is 5.87. The van der Waals surface area contributed by atoms with Gasteiger partial charge in [-0.15, -0.1) is 0 Å². The average molecular weight is 271 g/mol. The lowest BCUT2D eigenvalue weighted by molar-refractivity contribution is -0.385. The number of para-hydroxylation sites is 2. The SMILES string of the molecule is N=C(N)c1ccc(COc2ccccc2[N+](=O)[O-])cc1. The maximum absolute atomic E-state index is 10.8. The Balaban J connectivity index is 2.09. The molecule has 0 fully saturated rings. The van der Waals surface area contributed by atoms with E-state index in [0.717, 1.165) is 5.56 Å². The van der Waals surface area contributed by atoms with Crippen molar-refractivity contribution in [2.75, 3.05) is 0 Å². The van der Waals surface area contributed by atoms with E-state index in [4.69, 9.17) is 15.9 Å². The van der Waals surface area contributed by atoms with E-state index in [1.54, 1.807) is 42.5 Å². The summed E-state index contributed by atoms with van der Waals surface area (Å²) in [7, 11) is 0. The molecule has 0 heterocycles. The minimum absolute atomic E-state index is 0.00355. The molecule has 3 N–H and O–H groups in total. The number of nitro benzene ring substituents is 1. The van der Waals surface area contributed by atoms with Gasteiger partial charge in [0.1, 0.15) is 12.4 Å². The second-order valence-corrected chi connectivity index (χ2v) is 4.12. The molecule has 2 aromatic rings. The Kier molecular flexibility index (Phi) is 3.95. The number of nitrogens with two attached hydrogens (primary N) is 1. The largest absolute Gasteiger partial charge is 0.482 e. The Labute approximate surface area is 115 Å². The standard InChI is InChI=1S/C14H13N3O3/c15-14(16)11-7-5-10(6-8-11)9-20-13-4-2-1-3-12(13)17(18)19/h1-8H,9H2,(H3,15,16). The Morgan fingerprint density at radius 3 is 2.45 bits per heavy atom. The normalized spacial score (nSPS) is 10.0. The molecular weight excluding hydrogens is 258 g/mol.